The van der Waals surface area contributed by atoms with Gasteiger partial charge in [0.15, 0.2) is 0 Å². The molecule has 156 valence electrons. The molecule has 1 aliphatic heterocycles. The first-order valence-electron chi connectivity index (χ1n) is 11.1. The summed E-state index contributed by atoms with van der Waals surface area (Å²) in [5.41, 5.74) is -0.250. The van der Waals surface area contributed by atoms with E-state index in [1.807, 2.05) is 0 Å². The number of aliphatic hydroxyl groups excluding tert-OH is 2. The molecule has 3 N–H and O–H groups in total. The van der Waals surface area contributed by atoms with E-state index in [0.717, 1.165) is 50.5 Å². The molecule has 5 aliphatic rings. The van der Waals surface area contributed by atoms with Gasteiger partial charge in [-0.1, -0.05) is 13.8 Å². The number of aliphatic hydroxyl groups is 3. The van der Waals surface area contributed by atoms with Crippen molar-refractivity contribution in [1.82, 2.24) is 0 Å². The van der Waals surface area contributed by atoms with E-state index in [1.54, 1.807) is 6.08 Å². The van der Waals surface area contributed by atoms with Crippen molar-refractivity contribution in [3.63, 3.8) is 0 Å². The maximum Gasteiger partial charge on any atom is 0.331 e. The van der Waals surface area contributed by atoms with Crippen LogP contribution in [-0.4, -0.2) is 45.7 Å². The van der Waals surface area contributed by atoms with Crippen LogP contribution in [-0.2, 0) is 9.53 Å². The number of carbonyl (C=O) groups is 1. The Morgan fingerprint density at radius 1 is 1.11 bits per heavy atom. The third kappa shape index (κ3) is 2.33. The summed E-state index contributed by atoms with van der Waals surface area (Å²) in [6, 6.07) is 0. The van der Waals surface area contributed by atoms with E-state index in [-0.39, 0.29) is 35.2 Å². The van der Waals surface area contributed by atoms with Crippen LogP contribution < -0.4 is 0 Å². The molecule has 0 aromatic heterocycles. The summed E-state index contributed by atoms with van der Waals surface area (Å²) >= 11 is 0. The van der Waals surface area contributed by atoms with Crippen molar-refractivity contribution in [2.45, 2.75) is 83.0 Å². The molecule has 0 bridgehead atoms. The molecule has 0 amide bonds. The summed E-state index contributed by atoms with van der Waals surface area (Å²) in [7, 11) is 0. The Labute approximate surface area is 167 Å². The normalized spacial score (nSPS) is 55.8. The molecule has 2 unspecified atom stereocenters. The van der Waals surface area contributed by atoms with Crippen LogP contribution in [0.25, 0.3) is 0 Å². The van der Waals surface area contributed by atoms with E-state index in [4.69, 9.17) is 4.74 Å². The van der Waals surface area contributed by atoms with E-state index in [2.05, 4.69) is 13.8 Å². The van der Waals surface area contributed by atoms with E-state index >= 15 is 0 Å². The van der Waals surface area contributed by atoms with E-state index in [9.17, 15) is 20.1 Å². The van der Waals surface area contributed by atoms with Crippen LogP contribution in [0, 0.1) is 34.5 Å². The zero-order chi connectivity index (χ0) is 19.9. The summed E-state index contributed by atoms with van der Waals surface area (Å²) in [6.45, 7) is 4.76. The predicted octanol–water partition coefficient (Wildman–Crippen LogP) is 2.58. The van der Waals surface area contributed by atoms with Gasteiger partial charge in [0.05, 0.1) is 17.8 Å². The highest BCUT2D eigenvalue weighted by Crippen LogP contribution is 2.69. The quantitative estimate of drug-likeness (QED) is 0.599. The molecule has 0 saturated heterocycles. The zero-order valence-electron chi connectivity index (χ0n) is 17.1. The van der Waals surface area contributed by atoms with E-state index in [1.165, 1.54) is 0 Å². The minimum Gasteiger partial charge on any atom is -0.458 e. The first kappa shape index (κ1) is 19.1. The summed E-state index contributed by atoms with van der Waals surface area (Å²) in [5.74, 6) is 0.420. The number of esters is 1. The lowest BCUT2D eigenvalue weighted by atomic mass is 9.42. The summed E-state index contributed by atoms with van der Waals surface area (Å²) < 4.78 is 5.17. The SMILES string of the molecule is C[C@]12CC[C@@H](O)C[C@H]1CCC1C2[C@H](O)C[C@]2(C)[C@@H](C3=CC(=O)OC3)CC[C@]12O. The van der Waals surface area contributed by atoms with Crippen LogP contribution in [0.3, 0.4) is 0 Å². The lowest BCUT2D eigenvalue weighted by Crippen LogP contribution is -2.66. The van der Waals surface area contributed by atoms with Crippen LogP contribution in [0.4, 0.5) is 0 Å². The van der Waals surface area contributed by atoms with Crippen molar-refractivity contribution < 1.29 is 24.9 Å². The Morgan fingerprint density at radius 3 is 2.61 bits per heavy atom. The first-order chi connectivity index (χ1) is 13.2. The average molecular weight is 391 g/mol. The number of rotatable bonds is 1. The number of hydrogen-bond acceptors (Lipinski definition) is 5. The lowest BCUT2D eigenvalue weighted by molar-refractivity contribution is -0.242. The van der Waals surface area contributed by atoms with Gasteiger partial charge < -0.3 is 20.1 Å². The van der Waals surface area contributed by atoms with Gasteiger partial charge in [-0.15, -0.1) is 0 Å². The van der Waals surface area contributed by atoms with Crippen molar-refractivity contribution in [2.75, 3.05) is 6.61 Å². The minimum atomic E-state index is -0.807. The molecule has 4 saturated carbocycles. The second-order valence-electron chi connectivity index (χ2n) is 10.9. The van der Waals surface area contributed by atoms with Gasteiger partial charge >= 0.3 is 5.97 Å². The van der Waals surface area contributed by atoms with Crippen LogP contribution >= 0.6 is 0 Å². The highest BCUT2D eigenvalue weighted by Gasteiger charge is 2.69. The highest BCUT2D eigenvalue weighted by molar-refractivity contribution is 5.85. The molecule has 28 heavy (non-hydrogen) atoms. The fraction of sp³-hybridized carbons (Fsp3) is 0.870. The molecule has 5 heteroatoms. The predicted molar refractivity (Wildman–Crippen MR) is 103 cm³/mol. The summed E-state index contributed by atoms with van der Waals surface area (Å²) in [4.78, 5) is 11.6. The van der Waals surface area contributed by atoms with Crippen molar-refractivity contribution in [3.05, 3.63) is 11.6 Å². The Hall–Kier alpha value is -0.910. The third-order valence-electron chi connectivity index (χ3n) is 9.89. The van der Waals surface area contributed by atoms with E-state index in [0.29, 0.717) is 18.9 Å². The molecule has 4 fully saturated rings. The monoisotopic (exact) mass is 390 g/mol. The number of ether oxygens (including phenoxy) is 1. The first-order valence-corrected chi connectivity index (χ1v) is 11.1. The molecule has 0 radical (unpaired) electrons. The van der Waals surface area contributed by atoms with Crippen molar-refractivity contribution in [3.8, 4) is 0 Å². The Kier molecular flexibility index (Phi) is 4.12. The number of fused-ring (bicyclic) bond motifs is 5. The molecule has 4 aliphatic carbocycles. The molecular weight excluding hydrogens is 356 g/mol. The maximum atomic E-state index is 12.1. The molecule has 9 atom stereocenters. The zero-order valence-corrected chi connectivity index (χ0v) is 17.1. The molecule has 5 nitrogen and oxygen atoms in total. The molecule has 0 spiro atoms. The number of hydrogen-bond donors (Lipinski definition) is 3. The maximum absolute atomic E-state index is 12.1. The summed E-state index contributed by atoms with van der Waals surface area (Å²) in [6.07, 6.45) is 7.61. The second kappa shape index (κ2) is 6.05. The van der Waals surface area contributed by atoms with Gasteiger partial charge in [0.1, 0.15) is 6.61 Å². The van der Waals surface area contributed by atoms with Gasteiger partial charge in [-0.25, -0.2) is 4.79 Å². The Morgan fingerprint density at radius 2 is 1.89 bits per heavy atom. The molecule has 0 aromatic rings. The number of carbonyl (C=O) groups excluding carboxylic acids is 1. The molecule has 5 rings (SSSR count). The van der Waals surface area contributed by atoms with E-state index < -0.39 is 17.1 Å². The topological polar surface area (TPSA) is 87.0 Å². The third-order valence-corrected chi connectivity index (χ3v) is 9.89. The lowest BCUT2D eigenvalue weighted by Gasteiger charge is -2.65. The van der Waals surface area contributed by atoms with Gasteiger partial charge in [0, 0.05) is 11.5 Å². The second-order valence-corrected chi connectivity index (χ2v) is 10.9. The smallest absolute Gasteiger partial charge is 0.331 e. The van der Waals surface area contributed by atoms with Crippen molar-refractivity contribution in [1.29, 1.82) is 0 Å². The average Bonchev–Trinajstić information content (AvgIpc) is 3.16. The Bertz CT molecular complexity index is 718. The van der Waals surface area contributed by atoms with Crippen LogP contribution in [0.15, 0.2) is 11.6 Å². The van der Waals surface area contributed by atoms with Gasteiger partial charge in [-0.05, 0) is 86.0 Å². The van der Waals surface area contributed by atoms with Gasteiger partial charge in [0.2, 0.25) is 0 Å². The van der Waals surface area contributed by atoms with Crippen molar-refractivity contribution >= 4 is 5.97 Å². The molecule has 0 aromatic carbocycles. The van der Waals surface area contributed by atoms with Gasteiger partial charge in [0.25, 0.3) is 0 Å². The van der Waals surface area contributed by atoms with Gasteiger partial charge in [-0.3, -0.25) is 0 Å². The van der Waals surface area contributed by atoms with Crippen molar-refractivity contribution in [2.24, 2.45) is 34.5 Å². The number of cyclic esters (lactones) is 1. The largest absolute Gasteiger partial charge is 0.458 e. The Balaban J connectivity index is 1.51. The van der Waals surface area contributed by atoms with Crippen LogP contribution in [0.2, 0.25) is 0 Å². The minimum absolute atomic E-state index is 0.0115. The molecule has 1 heterocycles. The molecular formula is C23H34O5. The van der Waals surface area contributed by atoms with Crippen LogP contribution in [0.5, 0.6) is 0 Å². The standard InChI is InChI=1S/C23H34O5/c1-21-7-5-15(24)10-14(21)3-4-17-20(21)18(25)11-22(2)16(6-8-23(17,22)27)13-9-19(26)28-12-13/h9,14-18,20,24-25,27H,3-8,10-12H2,1-2H3/t14-,15-,16-,17?,18-,20?,21+,22-,23+/m1/s1. The summed E-state index contributed by atoms with van der Waals surface area (Å²) in [5, 5.41) is 33.7. The van der Waals surface area contributed by atoms with Crippen LogP contribution in [0.1, 0.15) is 65.2 Å². The van der Waals surface area contributed by atoms with Gasteiger partial charge in [-0.2, -0.15) is 0 Å². The highest BCUT2D eigenvalue weighted by atomic mass is 16.5. The fourth-order valence-corrected chi connectivity index (χ4v) is 8.49. The fourth-order valence-electron chi connectivity index (χ4n) is 8.49.